The first-order valence-electron chi connectivity index (χ1n) is 16.2. The number of hydrogen-bond donors (Lipinski definition) is 0. The zero-order chi connectivity index (χ0) is 32.1. The van der Waals surface area contributed by atoms with Gasteiger partial charge in [-0.15, -0.1) is 11.3 Å². The molecule has 49 heavy (non-hydrogen) atoms. The zero-order valence-electron chi connectivity index (χ0n) is 25.9. The monoisotopic (exact) mass is 648 g/mol. The highest BCUT2D eigenvalue weighted by atomic mass is 32.1. The smallest absolute Gasteiger partial charge is 0.227 e. The van der Waals surface area contributed by atoms with Crippen LogP contribution in [0, 0.1) is 0 Å². The Kier molecular flexibility index (Phi) is 5.48. The summed E-state index contributed by atoms with van der Waals surface area (Å²) in [5.41, 5.74) is 8.70. The predicted molar refractivity (Wildman–Crippen MR) is 202 cm³/mol. The van der Waals surface area contributed by atoms with Crippen LogP contribution in [0.4, 0.5) is 17.1 Å². The fourth-order valence-electron chi connectivity index (χ4n) is 7.22. The fourth-order valence-corrected chi connectivity index (χ4v) is 8.36. The zero-order valence-corrected chi connectivity index (χ0v) is 26.7. The van der Waals surface area contributed by atoms with Crippen molar-refractivity contribution in [1.29, 1.82) is 0 Å². The van der Waals surface area contributed by atoms with Gasteiger partial charge >= 0.3 is 0 Å². The Balaban J connectivity index is 1.15. The second kappa shape index (κ2) is 10.1. The van der Waals surface area contributed by atoms with Crippen LogP contribution in [0.25, 0.3) is 86.6 Å². The maximum absolute atomic E-state index is 6.76. The molecule has 0 aliphatic heterocycles. The minimum absolute atomic E-state index is 0.596. The summed E-state index contributed by atoms with van der Waals surface area (Å²) < 4.78 is 21.7. The van der Waals surface area contributed by atoms with E-state index >= 15 is 0 Å². The van der Waals surface area contributed by atoms with E-state index in [1.165, 1.54) is 20.2 Å². The van der Waals surface area contributed by atoms with Crippen LogP contribution >= 0.6 is 11.3 Å². The first-order chi connectivity index (χ1) is 24.2. The van der Waals surface area contributed by atoms with Gasteiger partial charge in [-0.3, -0.25) is 0 Å². The molecule has 0 N–H and O–H groups in total. The highest BCUT2D eigenvalue weighted by Gasteiger charge is 2.22. The molecule has 0 aliphatic carbocycles. The summed E-state index contributed by atoms with van der Waals surface area (Å²) in [6, 6.07) is 50.3. The van der Waals surface area contributed by atoms with Crippen LogP contribution in [0.2, 0.25) is 0 Å². The van der Waals surface area contributed by atoms with Crippen molar-refractivity contribution in [2.24, 2.45) is 0 Å². The molecule has 11 rings (SSSR count). The van der Waals surface area contributed by atoms with E-state index in [2.05, 4.69) is 102 Å². The van der Waals surface area contributed by atoms with Gasteiger partial charge in [0.25, 0.3) is 0 Å². The minimum atomic E-state index is 0.596. The number of hydrogen-bond acceptors (Lipinski definition) is 6. The largest absolute Gasteiger partial charge is 0.456 e. The van der Waals surface area contributed by atoms with Crippen molar-refractivity contribution >= 4 is 104 Å². The number of thiophene rings is 1. The third-order valence-electron chi connectivity index (χ3n) is 9.49. The van der Waals surface area contributed by atoms with Gasteiger partial charge in [-0.05, 0) is 66.7 Å². The molecule has 0 saturated carbocycles. The second-order valence-electron chi connectivity index (χ2n) is 12.3. The summed E-state index contributed by atoms with van der Waals surface area (Å²) in [6.45, 7) is 0. The number of furan rings is 2. The standard InChI is InChI=1S/C43H24N2O3S/c1-2-9-25(10-3-1)43-44-34-23-33-31-13-8-14-35(42(31)47-38(33)24-39(34)48-43)45(26-18-20-37-32(21-26)28-11-4-6-15-36(28)46-37)27-17-19-30-29-12-5-7-16-40(29)49-41(30)22-27/h1-24H. The van der Waals surface area contributed by atoms with Crippen LogP contribution in [0.1, 0.15) is 0 Å². The average molecular weight is 649 g/mol. The number of oxazole rings is 1. The third-order valence-corrected chi connectivity index (χ3v) is 10.6. The van der Waals surface area contributed by atoms with Gasteiger partial charge in [-0.1, -0.05) is 72.8 Å². The van der Waals surface area contributed by atoms with Crippen molar-refractivity contribution in [3.05, 3.63) is 146 Å². The molecule has 0 saturated heterocycles. The van der Waals surface area contributed by atoms with E-state index in [0.29, 0.717) is 11.5 Å². The molecule has 0 bridgehead atoms. The van der Waals surface area contributed by atoms with Gasteiger partial charge in [0.1, 0.15) is 22.3 Å². The van der Waals surface area contributed by atoms with Gasteiger partial charge in [0.2, 0.25) is 5.89 Å². The average Bonchev–Trinajstić information content (AvgIpc) is 3.92. The quantitative estimate of drug-likeness (QED) is 0.190. The Morgan fingerprint density at radius 2 is 1.18 bits per heavy atom. The van der Waals surface area contributed by atoms with Crippen LogP contribution in [0.15, 0.2) is 159 Å². The van der Waals surface area contributed by atoms with Gasteiger partial charge < -0.3 is 18.2 Å². The molecule has 0 atom stereocenters. The van der Waals surface area contributed by atoms with Gasteiger partial charge in [0.05, 0.1) is 5.69 Å². The van der Waals surface area contributed by atoms with Crippen LogP contribution in [-0.4, -0.2) is 4.98 Å². The molecule has 4 aromatic heterocycles. The highest BCUT2D eigenvalue weighted by molar-refractivity contribution is 7.25. The summed E-state index contributed by atoms with van der Waals surface area (Å²) in [4.78, 5) is 7.14. The Morgan fingerprint density at radius 1 is 0.449 bits per heavy atom. The van der Waals surface area contributed by atoms with Crippen molar-refractivity contribution in [2.75, 3.05) is 4.90 Å². The maximum Gasteiger partial charge on any atom is 0.227 e. The summed E-state index contributed by atoms with van der Waals surface area (Å²) in [5.74, 6) is 0.596. The molecular formula is C43H24N2O3S. The molecule has 0 unspecified atom stereocenters. The van der Waals surface area contributed by atoms with E-state index in [0.717, 1.165) is 72.0 Å². The van der Waals surface area contributed by atoms with Crippen molar-refractivity contribution < 1.29 is 13.3 Å². The second-order valence-corrected chi connectivity index (χ2v) is 13.4. The van der Waals surface area contributed by atoms with E-state index in [1.54, 1.807) is 0 Å². The predicted octanol–water partition coefficient (Wildman–Crippen LogP) is 13.1. The lowest BCUT2D eigenvalue weighted by molar-refractivity contribution is 0.617. The fraction of sp³-hybridized carbons (Fsp3) is 0. The van der Waals surface area contributed by atoms with Crippen LogP contribution in [0.5, 0.6) is 0 Å². The first-order valence-corrected chi connectivity index (χ1v) is 17.0. The Hall–Kier alpha value is -6.37. The molecular weight excluding hydrogens is 625 g/mol. The first kappa shape index (κ1) is 26.7. The molecule has 11 aromatic rings. The van der Waals surface area contributed by atoms with Crippen molar-refractivity contribution in [3.63, 3.8) is 0 Å². The minimum Gasteiger partial charge on any atom is -0.456 e. The van der Waals surface area contributed by atoms with E-state index < -0.39 is 0 Å². The lowest BCUT2D eigenvalue weighted by Crippen LogP contribution is -2.10. The number of fused-ring (bicyclic) bond motifs is 10. The van der Waals surface area contributed by atoms with Gasteiger partial charge in [-0.25, -0.2) is 4.98 Å². The van der Waals surface area contributed by atoms with Gasteiger partial charge in [0.15, 0.2) is 11.2 Å². The number of benzene rings is 7. The summed E-state index contributed by atoms with van der Waals surface area (Å²) in [5, 5.41) is 6.70. The molecule has 0 spiro atoms. The Morgan fingerprint density at radius 3 is 2.12 bits per heavy atom. The number of rotatable bonds is 4. The van der Waals surface area contributed by atoms with E-state index in [4.69, 9.17) is 18.2 Å². The van der Waals surface area contributed by atoms with Crippen LogP contribution in [0.3, 0.4) is 0 Å². The molecule has 5 nitrogen and oxygen atoms in total. The Labute approximate surface area is 282 Å². The number of nitrogens with zero attached hydrogens (tertiary/aromatic N) is 2. The molecule has 0 amide bonds. The summed E-state index contributed by atoms with van der Waals surface area (Å²) >= 11 is 1.82. The SMILES string of the molecule is c1ccc(-c2nc3cc4c(cc3o2)oc2c(N(c3ccc5c(c3)sc3ccccc35)c3ccc5oc6ccccc6c5c3)cccc24)cc1. The number of anilines is 3. The molecule has 6 heteroatoms. The molecule has 4 heterocycles. The molecule has 0 fully saturated rings. The van der Waals surface area contributed by atoms with Gasteiger partial charge in [-0.2, -0.15) is 0 Å². The lowest BCUT2D eigenvalue weighted by atomic mass is 10.1. The van der Waals surface area contributed by atoms with E-state index in [1.807, 2.05) is 59.9 Å². The molecule has 0 radical (unpaired) electrons. The van der Waals surface area contributed by atoms with E-state index in [-0.39, 0.29) is 0 Å². The van der Waals surface area contributed by atoms with Crippen LogP contribution in [-0.2, 0) is 0 Å². The van der Waals surface area contributed by atoms with Crippen molar-refractivity contribution in [1.82, 2.24) is 4.98 Å². The van der Waals surface area contributed by atoms with Crippen molar-refractivity contribution in [3.8, 4) is 11.5 Å². The molecule has 7 aromatic carbocycles. The summed E-state index contributed by atoms with van der Waals surface area (Å²) in [6.07, 6.45) is 0. The highest BCUT2D eigenvalue weighted by Crippen LogP contribution is 2.46. The number of aromatic nitrogens is 1. The number of para-hydroxylation sites is 2. The maximum atomic E-state index is 6.76. The topological polar surface area (TPSA) is 55.6 Å². The third kappa shape index (κ3) is 4.01. The molecule has 0 aliphatic rings. The van der Waals surface area contributed by atoms with Gasteiger partial charge in [0, 0.05) is 64.7 Å². The van der Waals surface area contributed by atoms with Crippen LogP contribution < -0.4 is 4.90 Å². The van der Waals surface area contributed by atoms with E-state index in [9.17, 15) is 0 Å². The normalized spacial score (nSPS) is 12.1. The Bertz CT molecular complexity index is 3070. The lowest BCUT2D eigenvalue weighted by Gasteiger charge is -2.25. The molecule has 230 valence electrons. The summed E-state index contributed by atoms with van der Waals surface area (Å²) in [7, 11) is 0. The van der Waals surface area contributed by atoms with Crippen molar-refractivity contribution in [2.45, 2.75) is 0 Å².